The molecule has 0 atom stereocenters. The fraction of sp³-hybridized carbons (Fsp3) is 0.400. The Hall–Kier alpha value is 0.632. The fourth-order valence-corrected chi connectivity index (χ4v) is 0.741. The van der Waals surface area contributed by atoms with Crippen LogP contribution in [0, 0.1) is 20.0 Å². The molecule has 1 heterocycles. The van der Waals surface area contributed by atoms with Crippen LogP contribution < -0.4 is 5.32 Å². The zero-order chi connectivity index (χ0) is 10.8. The average Bonchev–Trinajstić information content (AvgIpc) is 2.20. The predicted molar refractivity (Wildman–Crippen MR) is 53.2 cm³/mol. The van der Waals surface area contributed by atoms with Gasteiger partial charge in [-0.25, -0.2) is 0 Å². The summed E-state index contributed by atoms with van der Waals surface area (Å²) < 4.78 is 0. The van der Waals surface area contributed by atoms with E-state index in [4.69, 9.17) is 0 Å². The summed E-state index contributed by atoms with van der Waals surface area (Å²) in [6.45, 7) is 5.21. The van der Waals surface area contributed by atoms with Gasteiger partial charge in [0.15, 0.2) is 0 Å². The molecule has 0 aromatic heterocycles. The number of carbonyl (C=O) groups is 1. The first-order valence-corrected chi connectivity index (χ1v) is 4.26. The van der Waals surface area contributed by atoms with Crippen molar-refractivity contribution >= 4 is 12.3 Å². The molecule has 0 fully saturated rings. The molecule has 1 rings (SSSR count). The minimum absolute atomic E-state index is 0. The van der Waals surface area contributed by atoms with Crippen LogP contribution in [0.15, 0.2) is 6.08 Å². The smallest absolute Gasteiger partial charge is 0.0713 e. The molecule has 0 aliphatic carbocycles. The van der Waals surface area contributed by atoms with Crippen LogP contribution >= 0.6 is 0 Å². The Morgan fingerprint density at radius 3 is 2.44 bits per heavy atom. The van der Waals surface area contributed by atoms with E-state index in [1.807, 2.05) is 4.90 Å². The third kappa shape index (κ3) is 14.6. The largest absolute Gasteiger partial charge is 0.489 e. The maximum absolute atomic E-state index is 9.98. The molecule has 89 valence electrons. The molecule has 1 aliphatic rings. The van der Waals surface area contributed by atoms with Crippen LogP contribution in [0.1, 0.15) is 12.8 Å². The Kier molecular flexibility index (Phi) is 21.4. The molecule has 0 unspecified atom stereocenters. The molecule has 16 heavy (non-hydrogen) atoms. The maximum atomic E-state index is 9.98. The van der Waals surface area contributed by atoms with Gasteiger partial charge in [-0.2, -0.15) is 13.0 Å². The first-order valence-electron chi connectivity index (χ1n) is 4.26. The van der Waals surface area contributed by atoms with E-state index in [9.17, 15) is 9.59 Å². The molecule has 0 saturated heterocycles. The number of amides is 2. The van der Waals surface area contributed by atoms with Crippen molar-refractivity contribution in [2.75, 3.05) is 13.1 Å². The maximum Gasteiger partial charge on any atom is 0.0713 e. The van der Waals surface area contributed by atoms with Gasteiger partial charge in [0.2, 0.25) is 0 Å². The standard InChI is InChI=1S/C6H9N.C4H5NO2.W.Y/c1-7-5-3-2-4-6-7;1-2-4(7)5-3-6;;/h2H,1,3,5-6H2;1-2H2,(H,5,6,7);;/q2*-2;;. The van der Waals surface area contributed by atoms with Crippen LogP contribution in [0.2, 0.25) is 0 Å². The molecule has 0 saturated carbocycles. The Bertz CT molecular complexity index is 213. The zero-order valence-corrected chi connectivity index (χ0v) is 14.8. The van der Waals surface area contributed by atoms with Gasteiger partial charge in [0.05, 0.1) is 6.41 Å². The van der Waals surface area contributed by atoms with Crippen LogP contribution in [-0.2, 0) is 63.4 Å². The van der Waals surface area contributed by atoms with Crippen molar-refractivity contribution in [2.24, 2.45) is 0 Å². The zero-order valence-electron chi connectivity index (χ0n) is 9.07. The van der Waals surface area contributed by atoms with Crippen molar-refractivity contribution in [3.8, 4) is 0 Å². The molecule has 0 bridgehead atoms. The summed E-state index contributed by atoms with van der Waals surface area (Å²) in [5, 5.41) is 1.79. The first-order chi connectivity index (χ1) is 6.70. The van der Waals surface area contributed by atoms with E-state index in [1.54, 1.807) is 5.32 Å². The van der Waals surface area contributed by atoms with Crippen molar-refractivity contribution in [1.82, 2.24) is 10.2 Å². The van der Waals surface area contributed by atoms with E-state index in [2.05, 4.69) is 26.1 Å². The van der Waals surface area contributed by atoms with Gasteiger partial charge in [-0.15, -0.1) is 0 Å². The van der Waals surface area contributed by atoms with Gasteiger partial charge in [0.1, 0.15) is 0 Å². The van der Waals surface area contributed by atoms with E-state index in [-0.39, 0.29) is 60.2 Å². The summed E-state index contributed by atoms with van der Waals surface area (Å²) in [4.78, 5) is 21.3. The van der Waals surface area contributed by atoms with E-state index in [0.29, 0.717) is 0 Å². The first kappa shape index (κ1) is 21.9. The fourth-order valence-electron chi connectivity index (χ4n) is 0.741. The minimum atomic E-state index is -0.407. The van der Waals surface area contributed by atoms with Gasteiger partial charge in [-0.05, 0) is 6.54 Å². The van der Waals surface area contributed by atoms with Crippen LogP contribution in [0.25, 0.3) is 0 Å². The molecule has 0 aromatic rings. The van der Waals surface area contributed by atoms with Crippen molar-refractivity contribution in [3.05, 3.63) is 26.1 Å². The summed E-state index contributed by atoms with van der Waals surface area (Å²) in [7, 11) is 3.75. The monoisotopic (exact) mass is 467 g/mol. The van der Waals surface area contributed by atoms with Crippen LogP contribution in [-0.4, -0.2) is 30.3 Å². The molecular formula is C10H14N2O2WY-4. The van der Waals surface area contributed by atoms with Gasteiger partial charge in [-0.3, -0.25) is 13.1 Å². The molecular weight excluding hydrogens is 453 g/mol. The van der Waals surface area contributed by atoms with E-state index < -0.39 is 5.91 Å². The molecule has 1 radical (unpaired) electrons. The molecule has 6 heteroatoms. The number of hydrogen-bond donors (Lipinski definition) is 1. The van der Waals surface area contributed by atoms with Crippen LogP contribution in [0.3, 0.4) is 0 Å². The molecule has 4 nitrogen and oxygen atoms in total. The third-order valence-corrected chi connectivity index (χ3v) is 1.47. The van der Waals surface area contributed by atoms with Gasteiger partial charge >= 0.3 is 0 Å². The second kappa shape index (κ2) is 15.6. The minimum Gasteiger partial charge on any atom is -0.489 e. The Balaban J connectivity index is -0.000000188. The normalized spacial score (nSPS) is 13.4. The summed E-state index contributed by atoms with van der Waals surface area (Å²) in [6.07, 6.45) is 7.57. The van der Waals surface area contributed by atoms with Crippen molar-refractivity contribution in [2.45, 2.75) is 12.8 Å². The predicted octanol–water partition coefficient (Wildman–Crippen LogP) is 0.232. The van der Waals surface area contributed by atoms with E-state index in [1.165, 1.54) is 6.41 Å². The number of nitrogens with one attached hydrogen (secondary N) is 1. The molecule has 1 N–H and O–H groups in total. The number of rotatable bonds is 2. The second-order valence-corrected chi connectivity index (χ2v) is 2.65. The SMILES string of the molecule is [CH2-]CC(=O)N[C-]=O.[CH2-]N1C[C-]=CCC1.[W].[Y]. The molecule has 0 aromatic carbocycles. The summed E-state index contributed by atoms with van der Waals surface area (Å²) >= 11 is 0. The number of nitrogens with zero attached hydrogens (tertiary/aromatic N) is 1. The Morgan fingerprint density at radius 1 is 1.62 bits per heavy atom. The quantitative estimate of drug-likeness (QED) is 0.468. The van der Waals surface area contributed by atoms with Gasteiger partial charge in [0.25, 0.3) is 0 Å². The van der Waals surface area contributed by atoms with Crippen LogP contribution in [0.5, 0.6) is 0 Å². The van der Waals surface area contributed by atoms with Crippen molar-refractivity contribution in [3.63, 3.8) is 0 Å². The Morgan fingerprint density at radius 2 is 2.25 bits per heavy atom. The van der Waals surface area contributed by atoms with E-state index >= 15 is 0 Å². The average molecular weight is 467 g/mol. The Labute approximate surface area is 137 Å². The summed E-state index contributed by atoms with van der Waals surface area (Å²) in [5.74, 6) is -0.407. The van der Waals surface area contributed by atoms with Gasteiger partial charge < -0.3 is 32.8 Å². The van der Waals surface area contributed by atoms with Crippen LogP contribution in [0.4, 0.5) is 0 Å². The molecule has 0 spiro atoms. The number of imide groups is 1. The summed E-state index contributed by atoms with van der Waals surface area (Å²) in [6, 6.07) is 0. The summed E-state index contributed by atoms with van der Waals surface area (Å²) in [5.41, 5.74) is 0. The van der Waals surface area contributed by atoms with Crippen molar-refractivity contribution in [1.29, 1.82) is 0 Å². The third-order valence-electron chi connectivity index (χ3n) is 1.47. The van der Waals surface area contributed by atoms with E-state index in [0.717, 1.165) is 19.5 Å². The van der Waals surface area contributed by atoms with Gasteiger partial charge in [0, 0.05) is 59.7 Å². The molecule has 1 aliphatic heterocycles. The topological polar surface area (TPSA) is 49.4 Å². The van der Waals surface area contributed by atoms with Crippen molar-refractivity contribution < 1.29 is 63.4 Å². The number of carbonyl (C=O) groups excluding carboxylic acids is 2. The second-order valence-electron chi connectivity index (χ2n) is 2.65. The number of hydrogen-bond acceptors (Lipinski definition) is 3. The molecule has 2 amide bonds. The van der Waals surface area contributed by atoms with Gasteiger partial charge in [-0.1, -0.05) is 6.42 Å².